The van der Waals surface area contributed by atoms with Crippen molar-refractivity contribution >= 4 is 21.8 Å². The maximum Gasteiger partial charge on any atom is 0.257 e. The summed E-state index contributed by atoms with van der Waals surface area (Å²) in [7, 11) is 0. The minimum Gasteiger partial charge on any atom is -0.349 e. The van der Waals surface area contributed by atoms with Crippen LogP contribution in [0.2, 0.25) is 0 Å². The van der Waals surface area contributed by atoms with Crippen LogP contribution in [0.25, 0.3) is 0 Å². The number of benzene rings is 1. The third-order valence-corrected chi connectivity index (χ3v) is 4.20. The van der Waals surface area contributed by atoms with E-state index in [9.17, 15) is 13.6 Å². The van der Waals surface area contributed by atoms with Crippen LogP contribution in [0.15, 0.2) is 18.2 Å². The number of carbonyl (C=O) groups excluding carboxylic acids is 1. The van der Waals surface area contributed by atoms with Crippen molar-refractivity contribution < 1.29 is 13.6 Å². The Balaban J connectivity index is 2.12. The molecule has 5 heteroatoms. The highest BCUT2D eigenvalue weighted by molar-refractivity contribution is 9.09. The van der Waals surface area contributed by atoms with Gasteiger partial charge in [-0.1, -0.05) is 28.4 Å². The van der Waals surface area contributed by atoms with E-state index in [0.29, 0.717) is 5.92 Å². The molecule has 98 valence electrons. The number of rotatable bonds is 3. The average molecular weight is 318 g/mol. The van der Waals surface area contributed by atoms with Crippen LogP contribution >= 0.6 is 15.9 Å². The molecule has 1 aliphatic rings. The Hall–Kier alpha value is -0.970. The second kappa shape index (κ2) is 5.78. The molecule has 2 nitrogen and oxygen atoms in total. The zero-order chi connectivity index (χ0) is 13.1. The number of amides is 1. The average Bonchev–Trinajstić information content (AvgIpc) is 2.76. The first-order valence-corrected chi connectivity index (χ1v) is 7.06. The maximum atomic E-state index is 13.4. The largest absolute Gasteiger partial charge is 0.349 e. The van der Waals surface area contributed by atoms with Crippen LogP contribution < -0.4 is 5.32 Å². The molecule has 2 rings (SSSR count). The third kappa shape index (κ3) is 2.71. The Morgan fingerprint density at radius 1 is 1.33 bits per heavy atom. The van der Waals surface area contributed by atoms with E-state index in [2.05, 4.69) is 21.2 Å². The standard InChI is InChI=1S/C13H14BrF2NO/c14-7-8-3-1-6-11(8)17-13(18)12-9(15)4-2-5-10(12)16/h2,4-5,8,11H,1,3,6-7H2,(H,17,18). The maximum absolute atomic E-state index is 13.4. The van der Waals surface area contributed by atoms with Crippen LogP contribution in [-0.4, -0.2) is 17.3 Å². The van der Waals surface area contributed by atoms with Crippen molar-refractivity contribution in [2.75, 3.05) is 5.33 Å². The van der Waals surface area contributed by atoms with Crippen LogP contribution in [0.3, 0.4) is 0 Å². The topological polar surface area (TPSA) is 29.1 Å². The highest BCUT2D eigenvalue weighted by Crippen LogP contribution is 2.27. The predicted molar refractivity (Wildman–Crippen MR) is 68.7 cm³/mol. The number of hydrogen-bond donors (Lipinski definition) is 1. The molecule has 1 amide bonds. The molecular weight excluding hydrogens is 304 g/mol. The fourth-order valence-electron chi connectivity index (χ4n) is 2.37. The molecule has 0 heterocycles. The Morgan fingerprint density at radius 3 is 2.61 bits per heavy atom. The molecule has 0 aromatic heterocycles. The number of hydrogen-bond acceptors (Lipinski definition) is 1. The summed E-state index contributed by atoms with van der Waals surface area (Å²) in [5, 5.41) is 3.52. The van der Waals surface area contributed by atoms with Gasteiger partial charge in [0.25, 0.3) is 5.91 Å². The number of alkyl halides is 1. The van der Waals surface area contributed by atoms with Crippen LogP contribution in [0, 0.1) is 17.6 Å². The van der Waals surface area contributed by atoms with E-state index in [4.69, 9.17) is 0 Å². The lowest BCUT2D eigenvalue weighted by molar-refractivity contribution is 0.0921. The normalized spacial score (nSPS) is 23.1. The second-order valence-electron chi connectivity index (χ2n) is 4.52. The Bertz CT molecular complexity index is 432. The van der Waals surface area contributed by atoms with E-state index < -0.39 is 23.1 Å². The summed E-state index contributed by atoms with van der Waals surface area (Å²) in [4.78, 5) is 11.9. The molecule has 0 bridgehead atoms. The summed E-state index contributed by atoms with van der Waals surface area (Å²) < 4.78 is 26.9. The van der Waals surface area contributed by atoms with Gasteiger partial charge < -0.3 is 5.32 Å². The molecular formula is C13H14BrF2NO. The summed E-state index contributed by atoms with van der Waals surface area (Å²) >= 11 is 3.39. The first-order valence-electron chi connectivity index (χ1n) is 5.94. The predicted octanol–water partition coefficient (Wildman–Crippen LogP) is 3.26. The van der Waals surface area contributed by atoms with Crippen LogP contribution in [0.1, 0.15) is 29.6 Å². The van der Waals surface area contributed by atoms with Gasteiger partial charge in [-0.05, 0) is 30.9 Å². The Kier molecular flexibility index (Phi) is 4.32. The van der Waals surface area contributed by atoms with Gasteiger partial charge in [-0.3, -0.25) is 4.79 Å². The number of halogens is 3. The van der Waals surface area contributed by atoms with Gasteiger partial charge in [-0.15, -0.1) is 0 Å². The molecule has 0 saturated heterocycles. The zero-order valence-electron chi connectivity index (χ0n) is 9.76. The summed E-state index contributed by atoms with van der Waals surface area (Å²) in [6, 6.07) is 3.43. The first-order chi connectivity index (χ1) is 8.63. The fraction of sp³-hybridized carbons (Fsp3) is 0.462. The highest BCUT2D eigenvalue weighted by atomic mass is 79.9. The van der Waals surface area contributed by atoms with Crippen molar-refractivity contribution in [1.29, 1.82) is 0 Å². The quantitative estimate of drug-likeness (QED) is 0.852. The lowest BCUT2D eigenvalue weighted by Crippen LogP contribution is -2.38. The van der Waals surface area contributed by atoms with Crippen molar-refractivity contribution in [3.05, 3.63) is 35.4 Å². The van der Waals surface area contributed by atoms with Crippen molar-refractivity contribution in [3.63, 3.8) is 0 Å². The minimum atomic E-state index is -0.819. The number of nitrogens with one attached hydrogen (secondary N) is 1. The van der Waals surface area contributed by atoms with E-state index in [0.717, 1.165) is 36.7 Å². The second-order valence-corrected chi connectivity index (χ2v) is 5.17. The van der Waals surface area contributed by atoms with Crippen molar-refractivity contribution in [3.8, 4) is 0 Å². The van der Waals surface area contributed by atoms with Crippen LogP contribution in [-0.2, 0) is 0 Å². The van der Waals surface area contributed by atoms with Crippen LogP contribution in [0.5, 0.6) is 0 Å². The molecule has 1 aliphatic carbocycles. The Labute approximate surface area is 113 Å². The van der Waals surface area contributed by atoms with Gasteiger partial charge in [0.15, 0.2) is 0 Å². The van der Waals surface area contributed by atoms with E-state index >= 15 is 0 Å². The zero-order valence-corrected chi connectivity index (χ0v) is 11.3. The smallest absolute Gasteiger partial charge is 0.257 e. The molecule has 0 spiro atoms. The van der Waals surface area contributed by atoms with Gasteiger partial charge in [-0.25, -0.2) is 8.78 Å². The van der Waals surface area contributed by atoms with Gasteiger partial charge in [0.05, 0.1) is 0 Å². The molecule has 2 atom stereocenters. The lowest BCUT2D eigenvalue weighted by atomic mass is 10.1. The molecule has 2 unspecified atom stereocenters. The molecule has 1 saturated carbocycles. The summed E-state index contributed by atoms with van der Waals surface area (Å²) in [6.45, 7) is 0. The van der Waals surface area contributed by atoms with E-state index in [1.54, 1.807) is 0 Å². The summed E-state index contributed by atoms with van der Waals surface area (Å²) in [6.07, 6.45) is 2.91. The SMILES string of the molecule is O=C(NC1CCCC1CBr)c1c(F)cccc1F. The third-order valence-electron chi connectivity index (χ3n) is 3.36. The number of carbonyl (C=O) groups is 1. The van der Waals surface area contributed by atoms with Crippen molar-refractivity contribution in [2.24, 2.45) is 5.92 Å². The van der Waals surface area contributed by atoms with Gasteiger partial charge in [0, 0.05) is 11.4 Å². The van der Waals surface area contributed by atoms with Gasteiger partial charge in [0.1, 0.15) is 17.2 Å². The highest BCUT2D eigenvalue weighted by Gasteiger charge is 2.29. The van der Waals surface area contributed by atoms with Crippen molar-refractivity contribution in [1.82, 2.24) is 5.32 Å². The van der Waals surface area contributed by atoms with Crippen molar-refractivity contribution in [2.45, 2.75) is 25.3 Å². The molecule has 18 heavy (non-hydrogen) atoms. The molecule has 0 radical (unpaired) electrons. The van der Waals surface area contributed by atoms with Crippen LogP contribution in [0.4, 0.5) is 8.78 Å². The molecule has 1 N–H and O–H groups in total. The lowest BCUT2D eigenvalue weighted by Gasteiger charge is -2.19. The minimum absolute atomic E-state index is 0.00381. The van der Waals surface area contributed by atoms with Gasteiger partial charge >= 0.3 is 0 Å². The van der Waals surface area contributed by atoms with E-state index in [1.807, 2.05) is 0 Å². The van der Waals surface area contributed by atoms with Gasteiger partial charge in [0.2, 0.25) is 0 Å². The van der Waals surface area contributed by atoms with Gasteiger partial charge in [-0.2, -0.15) is 0 Å². The summed E-state index contributed by atoms with van der Waals surface area (Å²) in [5.41, 5.74) is -0.488. The summed E-state index contributed by atoms with van der Waals surface area (Å²) in [5.74, 6) is -1.96. The first kappa shape index (κ1) is 13.5. The Morgan fingerprint density at radius 2 is 2.00 bits per heavy atom. The molecule has 1 aromatic carbocycles. The monoisotopic (exact) mass is 317 g/mol. The molecule has 1 aromatic rings. The van der Waals surface area contributed by atoms with E-state index in [-0.39, 0.29) is 6.04 Å². The molecule has 1 fully saturated rings. The molecule has 0 aliphatic heterocycles. The fourth-order valence-corrected chi connectivity index (χ4v) is 3.14. The van der Waals surface area contributed by atoms with E-state index in [1.165, 1.54) is 6.07 Å².